The van der Waals surface area contributed by atoms with E-state index in [9.17, 15) is 5.11 Å². The lowest BCUT2D eigenvalue weighted by Crippen LogP contribution is -2.42. The minimum atomic E-state index is 0.323. The molecule has 1 aromatic rings. The fraction of sp³-hybridized carbons (Fsp3) is 0.800. The molecule has 1 aliphatic rings. The first kappa shape index (κ1) is 14.5. The van der Waals surface area contributed by atoms with Crippen molar-refractivity contribution in [3.05, 3.63) is 18.5 Å². The number of rotatable bonds is 6. The van der Waals surface area contributed by atoms with E-state index in [-0.39, 0.29) is 0 Å². The van der Waals surface area contributed by atoms with Crippen LogP contribution in [0.1, 0.15) is 45.4 Å². The maximum Gasteiger partial charge on any atom is 0.0489 e. The smallest absolute Gasteiger partial charge is 0.0489 e. The van der Waals surface area contributed by atoms with Gasteiger partial charge in [0.2, 0.25) is 0 Å². The summed E-state index contributed by atoms with van der Waals surface area (Å²) in [4.78, 5) is 0. The second-order valence-corrected chi connectivity index (χ2v) is 5.81. The van der Waals surface area contributed by atoms with Crippen LogP contribution < -0.4 is 5.32 Å². The van der Waals surface area contributed by atoms with Gasteiger partial charge in [-0.2, -0.15) is 5.10 Å². The van der Waals surface area contributed by atoms with Crippen LogP contribution in [0.2, 0.25) is 0 Å². The zero-order valence-corrected chi connectivity index (χ0v) is 12.0. The topological polar surface area (TPSA) is 50.1 Å². The highest BCUT2D eigenvalue weighted by molar-refractivity contribution is 4.82. The second kappa shape index (κ2) is 7.65. The fourth-order valence-electron chi connectivity index (χ4n) is 3.03. The van der Waals surface area contributed by atoms with Crippen LogP contribution in [0.15, 0.2) is 18.5 Å². The third kappa shape index (κ3) is 4.62. The summed E-state index contributed by atoms with van der Waals surface area (Å²) in [6.45, 7) is 3.52. The van der Waals surface area contributed by atoms with E-state index in [1.165, 1.54) is 32.1 Å². The Labute approximate surface area is 116 Å². The van der Waals surface area contributed by atoms with E-state index in [2.05, 4.69) is 17.3 Å². The van der Waals surface area contributed by atoms with Gasteiger partial charge in [-0.05, 0) is 38.2 Å². The maximum atomic E-state index is 9.53. The van der Waals surface area contributed by atoms with Gasteiger partial charge in [-0.1, -0.05) is 19.3 Å². The van der Waals surface area contributed by atoms with Crippen LogP contribution in [0.4, 0.5) is 0 Å². The highest BCUT2D eigenvalue weighted by atomic mass is 16.3. The average Bonchev–Trinajstić information content (AvgIpc) is 2.83. The van der Waals surface area contributed by atoms with Crippen LogP contribution in [-0.2, 0) is 6.54 Å². The van der Waals surface area contributed by atoms with Gasteiger partial charge in [0.25, 0.3) is 0 Å². The SMILES string of the molecule is CC(CCn1cccn1)NC1CCCCCC1CO. The van der Waals surface area contributed by atoms with E-state index in [1.807, 2.05) is 23.1 Å². The molecule has 0 aromatic carbocycles. The highest BCUT2D eigenvalue weighted by Gasteiger charge is 2.23. The van der Waals surface area contributed by atoms with Crippen molar-refractivity contribution in [2.24, 2.45) is 5.92 Å². The van der Waals surface area contributed by atoms with Gasteiger partial charge in [0.1, 0.15) is 0 Å². The number of hydrogen-bond donors (Lipinski definition) is 2. The molecular weight excluding hydrogens is 238 g/mol. The summed E-state index contributed by atoms with van der Waals surface area (Å²) in [7, 11) is 0. The molecule has 3 unspecified atom stereocenters. The molecule has 1 aliphatic carbocycles. The molecule has 2 N–H and O–H groups in total. The van der Waals surface area contributed by atoms with E-state index in [0.29, 0.717) is 24.6 Å². The predicted octanol–water partition coefficient (Wildman–Crippen LogP) is 2.19. The summed E-state index contributed by atoms with van der Waals surface area (Å²) < 4.78 is 1.98. The molecule has 0 amide bonds. The quantitative estimate of drug-likeness (QED) is 0.775. The van der Waals surface area contributed by atoms with Gasteiger partial charge in [0.05, 0.1) is 0 Å². The molecule has 4 nitrogen and oxygen atoms in total. The number of aliphatic hydroxyl groups is 1. The van der Waals surface area contributed by atoms with Crippen LogP contribution in [0, 0.1) is 5.92 Å². The molecule has 19 heavy (non-hydrogen) atoms. The Bertz CT molecular complexity index is 339. The largest absolute Gasteiger partial charge is 0.396 e. The number of nitrogens with one attached hydrogen (secondary N) is 1. The van der Waals surface area contributed by atoms with Crippen molar-refractivity contribution < 1.29 is 5.11 Å². The molecule has 108 valence electrons. The summed E-state index contributed by atoms with van der Waals surface area (Å²) in [5.41, 5.74) is 0. The standard InChI is InChI=1S/C15H27N3O/c1-13(8-11-18-10-5-9-16-18)17-15-7-4-2-3-6-14(15)12-19/h5,9-10,13-15,17,19H,2-4,6-8,11-12H2,1H3. The Morgan fingerprint density at radius 2 is 2.21 bits per heavy atom. The summed E-state index contributed by atoms with van der Waals surface area (Å²) in [6, 6.07) is 2.92. The third-order valence-corrected chi connectivity index (χ3v) is 4.24. The van der Waals surface area contributed by atoms with E-state index in [1.54, 1.807) is 0 Å². The van der Waals surface area contributed by atoms with Crippen molar-refractivity contribution in [3.8, 4) is 0 Å². The van der Waals surface area contributed by atoms with Crippen LogP contribution in [0.3, 0.4) is 0 Å². The van der Waals surface area contributed by atoms with E-state index >= 15 is 0 Å². The maximum absolute atomic E-state index is 9.53. The van der Waals surface area contributed by atoms with Gasteiger partial charge >= 0.3 is 0 Å². The first-order valence-electron chi connectivity index (χ1n) is 7.64. The summed E-state index contributed by atoms with van der Waals surface area (Å²) >= 11 is 0. The molecule has 3 atom stereocenters. The molecular formula is C15H27N3O. The number of aryl methyl sites for hydroxylation is 1. The molecule has 4 heteroatoms. The molecule has 0 saturated heterocycles. The molecule has 2 rings (SSSR count). The number of nitrogens with zero attached hydrogens (tertiary/aromatic N) is 2. The van der Waals surface area contributed by atoms with E-state index in [4.69, 9.17) is 0 Å². The van der Waals surface area contributed by atoms with Crippen molar-refractivity contribution in [1.29, 1.82) is 0 Å². The summed E-state index contributed by atoms with van der Waals surface area (Å²) in [5.74, 6) is 0.439. The van der Waals surface area contributed by atoms with Crippen molar-refractivity contribution in [2.75, 3.05) is 6.61 Å². The van der Waals surface area contributed by atoms with Gasteiger partial charge in [0, 0.05) is 37.6 Å². The fourth-order valence-corrected chi connectivity index (χ4v) is 3.03. The Kier molecular flexibility index (Phi) is 5.86. The lowest BCUT2D eigenvalue weighted by molar-refractivity contribution is 0.174. The number of aromatic nitrogens is 2. The molecule has 0 aliphatic heterocycles. The zero-order valence-electron chi connectivity index (χ0n) is 12.0. The Hall–Kier alpha value is -0.870. The molecule has 1 saturated carbocycles. The van der Waals surface area contributed by atoms with Crippen molar-refractivity contribution >= 4 is 0 Å². The van der Waals surface area contributed by atoms with Crippen molar-refractivity contribution in [1.82, 2.24) is 15.1 Å². The first-order valence-corrected chi connectivity index (χ1v) is 7.64. The number of hydrogen-bond acceptors (Lipinski definition) is 3. The zero-order chi connectivity index (χ0) is 13.5. The summed E-state index contributed by atoms with van der Waals surface area (Å²) in [6.07, 6.45) is 11.2. The molecule has 1 aromatic heterocycles. The Morgan fingerprint density at radius 3 is 2.95 bits per heavy atom. The molecule has 0 bridgehead atoms. The van der Waals surface area contributed by atoms with Gasteiger partial charge in [-0.3, -0.25) is 4.68 Å². The minimum Gasteiger partial charge on any atom is -0.396 e. The lowest BCUT2D eigenvalue weighted by Gasteiger charge is -2.28. The van der Waals surface area contributed by atoms with Crippen LogP contribution in [-0.4, -0.2) is 33.6 Å². The van der Waals surface area contributed by atoms with Gasteiger partial charge in [0.15, 0.2) is 0 Å². The van der Waals surface area contributed by atoms with Gasteiger partial charge < -0.3 is 10.4 Å². The first-order chi connectivity index (χ1) is 9.29. The Morgan fingerprint density at radius 1 is 1.37 bits per heavy atom. The molecule has 0 spiro atoms. The lowest BCUT2D eigenvalue weighted by atomic mass is 9.94. The van der Waals surface area contributed by atoms with E-state index < -0.39 is 0 Å². The van der Waals surface area contributed by atoms with Crippen LogP contribution >= 0.6 is 0 Å². The third-order valence-electron chi connectivity index (χ3n) is 4.24. The summed E-state index contributed by atoms with van der Waals surface area (Å²) in [5, 5.41) is 17.5. The average molecular weight is 265 g/mol. The van der Waals surface area contributed by atoms with Crippen LogP contribution in [0.5, 0.6) is 0 Å². The Balaban J connectivity index is 1.77. The molecule has 1 heterocycles. The van der Waals surface area contributed by atoms with Crippen molar-refractivity contribution in [3.63, 3.8) is 0 Å². The molecule has 0 radical (unpaired) electrons. The minimum absolute atomic E-state index is 0.323. The normalized spacial score (nSPS) is 26.0. The van der Waals surface area contributed by atoms with Crippen molar-refractivity contribution in [2.45, 2.75) is 64.1 Å². The second-order valence-electron chi connectivity index (χ2n) is 5.81. The van der Waals surface area contributed by atoms with E-state index in [0.717, 1.165) is 13.0 Å². The molecule has 1 fully saturated rings. The monoisotopic (exact) mass is 265 g/mol. The number of aliphatic hydroxyl groups excluding tert-OH is 1. The van der Waals surface area contributed by atoms with Crippen LogP contribution in [0.25, 0.3) is 0 Å². The highest BCUT2D eigenvalue weighted by Crippen LogP contribution is 2.23. The van der Waals surface area contributed by atoms with Gasteiger partial charge in [-0.15, -0.1) is 0 Å². The predicted molar refractivity (Wildman–Crippen MR) is 76.9 cm³/mol. The van der Waals surface area contributed by atoms with Gasteiger partial charge in [-0.25, -0.2) is 0 Å².